The summed E-state index contributed by atoms with van der Waals surface area (Å²) in [5.41, 5.74) is 0.559. The van der Waals surface area contributed by atoms with Crippen LogP contribution in [-0.2, 0) is 0 Å². The maximum Gasteiger partial charge on any atom is 0.0869 e. The van der Waals surface area contributed by atoms with Crippen LogP contribution in [-0.4, -0.2) is 42.8 Å². The molecule has 0 aliphatic heterocycles. The van der Waals surface area contributed by atoms with Gasteiger partial charge < -0.3 is 15.3 Å². The Morgan fingerprint density at radius 3 is 2.26 bits per heavy atom. The molecular weight excluding hydrogens is 236 g/mol. The summed E-state index contributed by atoms with van der Waals surface area (Å²) in [7, 11) is 3.96. The van der Waals surface area contributed by atoms with Gasteiger partial charge in [0.05, 0.1) is 5.60 Å². The standard InChI is InChI=1S/C16H28N2O/c1-13(2)15(14-9-7-6-8-10-14)17-11-16(3,19)12-18(4)5/h6-10,13,15,17,19H,11-12H2,1-5H3. The maximum absolute atomic E-state index is 10.4. The average molecular weight is 264 g/mol. The molecule has 3 nitrogen and oxygen atoms in total. The van der Waals surface area contributed by atoms with Gasteiger partial charge >= 0.3 is 0 Å². The molecule has 19 heavy (non-hydrogen) atoms. The van der Waals surface area contributed by atoms with Crippen molar-refractivity contribution in [1.29, 1.82) is 0 Å². The van der Waals surface area contributed by atoms with Crippen LogP contribution in [0.5, 0.6) is 0 Å². The zero-order chi connectivity index (χ0) is 14.5. The van der Waals surface area contributed by atoms with Crippen LogP contribution in [0.3, 0.4) is 0 Å². The molecule has 0 heterocycles. The van der Waals surface area contributed by atoms with Crippen molar-refractivity contribution >= 4 is 0 Å². The average Bonchev–Trinajstić information content (AvgIpc) is 2.28. The summed E-state index contributed by atoms with van der Waals surface area (Å²) in [6.45, 7) is 7.52. The van der Waals surface area contributed by atoms with Gasteiger partial charge in [-0.05, 0) is 32.5 Å². The van der Waals surface area contributed by atoms with Crippen LogP contribution in [0, 0.1) is 5.92 Å². The lowest BCUT2D eigenvalue weighted by Gasteiger charge is -2.31. The van der Waals surface area contributed by atoms with Crippen LogP contribution >= 0.6 is 0 Å². The van der Waals surface area contributed by atoms with Crippen molar-refractivity contribution in [2.24, 2.45) is 5.92 Å². The molecule has 0 aromatic heterocycles. The van der Waals surface area contributed by atoms with Crippen molar-refractivity contribution in [3.63, 3.8) is 0 Å². The lowest BCUT2D eigenvalue weighted by molar-refractivity contribution is 0.0298. The summed E-state index contributed by atoms with van der Waals surface area (Å²) in [5.74, 6) is 0.484. The predicted molar refractivity (Wildman–Crippen MR) is 81.2 cm³/mol. The molecule has 0 bridgehead atoms. The Balaban J connectivity index is 2.66. The van der Waals surface area contributed by atoms with Gasteiger partial charge in [0.15, 0.2) is 0 Å². The van der Waals surface area contributed by atoms with Gasteiger partial charge in [-0.25, -0.2) is 0 Å². The summed E-state index contributed by atoms with van der Waals surface area (Å²) < 4.78 is 0. The number of likely N-dealkylation sites (N-methyl/N-ethyl adjacent to an activating group) is 1. The third kappa shape index (κ3) is 5.72. The van der Waals surface area contributed by atoms with Gasteiger partial charge in [-0.2, -0.15) is 0 Å². The minimum absolute atomic E-state index is 0.273. The fraction of sp³-hybridized carbons (Fsp3) is 0.625. The van der Waals surface area contributed by atoms with E-state index in [1.54, 1.807) is 0 Å². The highest BCUT2D eigenvalue weighted by Gasteiger charge is 2.24. The van der Waals surface area contributed by atoms with E-state index in [0.29, 0.717) is 19.0 Å². The maximum atomic E-state index is 10.4. The first-order valence-corrected chi connectivity index (χ1v) is 6.97. The molecule has 3 heteroatoms. The molecule has 2 N–H and O–H groups in total. The monoisotopic (exact) mass is 264 g/mol. The lowest BCUT2D eigenvalue weighted by atomic mass is 9.95. The van der Waals surface area contributed by atoms with Gasteiger partial charge in [0, 0.05) is 19.1 Å². The van der Waals surface area contributed by atoms with E-state index in [-0.39, 0.29) is 6.04 Å². The Kier molecular flexibility index (Phi) is 5.98. The van der Waals surface area contributed by atoms with Crippen LogP contribution in [0.25, 0.3) is 0 Å². The van der Waals surface area contributed by atoms with Crippen molar-refractivity contribution < 1.29 is 5.11 Å². The Morgan fingerprint density at radius 2 is 1.79 bits per heavy atom. The Labute approximate surface area is 117 Å². The Hall–Kier alpha value is -0.900. The predicted octanol–water partition coefficient (Wildman–Crippen LogP) is 2.29. The highest BCUT2D eigenvalue weighted by molar-refractivity contribution is 5.19. The zero-order valence-corrected chi connectivity index (χ0v) is 12.9. The second-order valence-corrected chi connectivity index (χ2v) is 6.25. The molecule has 0 saturated heterocycles. The largest absolute Gasteiger partial charge is 0.388 e. The molecule has 0 radical (unpaired) electrons. The third-order valence-corrected chi connectivity index (χ3v) is 3.19. The van der Waals surface area contributed by atoms with Crippen LogP contribution in [0.4, 0.5) is 0 Å². The van der Waals surface area contributed by atoms with Gasteiger partial charge in [0.2, 0.25) is 0 Å². The van der Waals surface area contributed by atoms with Crippen molar-refractivity contribution in [2.75, 3.05) is 27.2 Å². The van der Waals surface area contributed by atoms with E-state index in [4.69, 9.17) is 0 Å². The highest BCUT2D eigenvalue weighted by atomic mass is 16.3. The molecule has 1 rings (SSSR count). The number of aliphatic hydroxyl groups is 1. The molecule has 108 valence electrons. The summed E-state index contributed by atoms with van der Waals surface area (Å²) in [4.78, 5) is 2.01. The second kappa shape index (κ2) is 7.04. The number of hydrogen-bond acceptors (Lipinski definition) is 3. The van der Waals surface area contributed by atoms with Crippen LogP contribution in [0.1, 0.15) is 32.4 Å². The number of benzene rings is 1. The molecule has 0 aliphatic rings. The van der Waals surface area contributed by atoms with E-state index in [9.17, 15) is 5.11 Å². The number of hydrogen-bond donors (Lipinski definition) is 2. The first kappa shape index (κ1) is 16.2. The molecule has 0 aliphatic carbocycles. The van der Waals surface area contributed by atoms with Gasteiger partial charge in [0.1, 0.15) is 0 Å². The smallest absolute Gasteiger partial charge is 0.0869 e. The normalized spacial score (nSPS) is 16.6. The fourth-order valence-corrected chi connectivity index (χ4v) is 2.47. The molecule has 1 aromatic rings. The van der Waals surface area contributed by atoms with Crippen molar-refractivity contribution in [3.8, 4) is 0 Å². The molecule has 2 atom stereocenters. The number of nitrogens with zero attached hydrogens (tertiary/aromatic N) is 1. The minimum atomic E-state index is -0.717. The van der Waals surface area contributed by atoms with Crippen LogP contribution in [0.15, 0.2) is 30.3 Å². The molecule has 0 fully saturated rings. The third-order valence-electron chi connectivity index (χ3n) is 3.19. The summed E-state index contributed by atoms with van der Waals surface area (Å²) in [6.07, 6.45) is 0. The first-order valence-electron chi connectivity index (χ1n) is 6.97. The molecule has 0 saturated carbocycles. The van der Waals surface area contributed by atoms with Gasteiger partial charge in [-0.1, -0.05) is 44.2 Å². The SMILES string of the molecule is CC(C)C(NCC(C)(O)CN(C)C)c1ccccc1. The lowest BCUT2D eigenvalue weighted by Crippen LogP contribution is -2.47. The van der Waals surface area contributed by atoms with E-state index in [2.05, 4.69) is 43.4 Å². The van der Waals surface area contributed by atoms with E-state index >= 15 is 0 Å². The highest BCUT2D eigenvalue weighted by Crippen LogP contribution is 2.21. The van der Waals surface area contributed by atoms with E-state index in [0.717, 1.165) is 0 Å². The minimum Gasteiger partial charge on any atom is -0.388 e. The van der Waals surface area contributed by atoms with Gasteiger partial charge in [0.25, 0.3) is 0 Å². The Morgan fingerprint density at radius 1 is 1.21 bits per heavy atom. The summed E-state index contributed by atoms with van der Waals surface area (Å²) in [5, 5.41) is 13.9. The van der Waals surface area contributed by atoms with Gasteiger partial charge in [-0.15, -0.1) is 0 Å². The zero-order valence-electron chi connectivity index (χ0n) is 12.9. The molecule has 0 amide bonds. The van der Waals surface area contributed by atoms with Gasteiger partial charge in [-0.3, -0.25) is 0 Å². The summed E-state index contributed by atoms with van der Waals surface area (Å²) >= 11 is 0. The molecule has 1 aromatic carbocycles. The topological polar surface area (TPSA) is 35.5 Å². The fourth-order valence-electron chi connectivity index (χ4n) is 2.47. The van der Waals surface area contributed by atoms with Crippen molar-refractivity contribution in [1.82, 2.24) is 10.2 Å². The molecular formula is C16H28N2O. The quantitative estimate of drug-likeness (QED) is 0.793. The number of nitrogens with one attached hydrogen (secondary N) is 1. The number of rotatable bonds is 7. The second-order valence-electron chi connectivity index (χ2n) is 6.25. The van der Waals surface area contributed by atoms with Crippen molar-refractivity contribution in [3.05, 3.63) is 35.9 Å². The first-order chi connectivity index (χ1) is 8.82. The van der Waals surface area contributed by atoms with E-state index < -0.39 is 5.60 Å². The van der Waals surface area contributed by atoms with Crippen LogP contribution in [0.2, 0.25) is 0 Å². The van der Waals surface area contributed by atoms with Crippen molar-refractivity contribution in [2.45, 2.75) is 32.4 Å². The van der Waals surface area contributed by atoms with E-state index in [1.807, 2.05) is 32.0 Å². The molecule has 2 unspecified atom stereocenters. The summed E-state index contributed by atoms with van der Waals surface area (Å²) in [6, 6.07) is 10.7. The molecule has 0 spiro atoms. The van der Waals surface area contributed by atoms with Crippen LogP contribution < -0.4 is 5.32 Å². The van der Waals surface area contributed by atoms with E-state index in [1.165, 1.54) is 5.56 Å². The Bertz CT molecular complexity index is 360.